The molecule has 0 aliphatic heterocycles. The predicted octanol–water partition coefficient (Wildman–Crippen LogP) is 9.31. The molecule has 0 fully saturated rings. The zero-order valence-corrected chi connectivity index (χ0v) is 25.7. The van der Waals surface area contributed by atoms with Gasteiger partial charge in [-0.05, 0) is 98.1 Å². The summed E-state index contributed by atoms with van der Waals surface area (Å²) in [6, 6.07) is 40.5. The van der Waals surface area contributed by atoms with Gasteiger partial charge in [0.1, 0.15) is 11.5 Å². The van der Waals surface area contributed by atoms with Crippen molar-refractivity contribution in [3.8, 4) is 11.5 Å². The van der Waals surface area contributed by atoms with E-state index >= 15 is 0 Å². The number of carbonyl (C=O) groups is 2. The van der Waals surface area contributed by atoms with Crippen LogP contribution in [-0.2, 0) is 15.0 Å². The van der Waals surface area contributed by atoms with Crippen molar-refractivity contribution in [3.05, 3.63) is 174 Å². The molecular formula is C40H35NO4. The van der Waals surface area contributed by atoms with E-state index in [0.717, 1.165) is 45.9 Å². The van der Waals surface area contributed by atoms with Crippen LogP contribution in [0.3, 0.4) is 0 Å². The van der Waals surface area contributed by atoms with Crippen LogP contribution in [0.25, 0.3) is 0 Å². The van der Waals surface area contributed by atoms with Crippen molar-refractivity contribution in [1.29, 1.82) is 0 Å². The fraction of sp³-hybridized carbons (Fsp3) is 0.100. The molecule has 0 bridgehead atoms. The molecule has 0 saturated heterocycles. The van der Waals surface area contributed by atoms with E-state index in [1.54, 1.807) is 24.3 Å². The standard InChI is InChI=1S/C40H35NO4/c1-6-38(42)44-36-24-14-31(15-25-36)40(5,32-16-26-37(27-17-32)45-39(43)7-2)30-12-22-35(23-13-30)41(33-18-8-28(3)9-19-33)34-20-10-29(4)11-21-34/h6-27H,1-2H2,3-5H3. The van der Waals surface area contributed by atoms with Gasteiger partial charge in [-0.1, -0.05) is 84.9 Å². The Kier molecular flexibility index (Phi) is 9.10. The number of ether oxygens (including phenoxy) is 2. The van der Waals surface area contributed by atoms with E-state index in [1.165, 1.54) is 11.1 Å². The van der Waals surface area contributed by atoms with Gasteiger partial charge in [-0.2, -0.15) is 0 Å². The van der Waals surface area contributed by atoms with Crippen LogP contribution in [0.15, 0.2) is 147 Å². The summed E-state index contributed by atoms with van der Waals surface area (Å²) >= 11 is 0. The lowest BCUT2D eigenvalue weighted by atomic mass is 9.71. The van der Waals surface area contributed by atoms with E-state index in [9.17, 15) is 9.59 Å². The highest BCUT2D eigenvalue weighted by molar-refractivity contribution is 5.84. The first kappa shape index (κ1) is 30.8. The molecule has 0 amide bonds. The van der Waals surface area contributed by atoms with Gasteiger partial charge in [-0.25, -0.2) is 9.59 Å². The van der Waals surface area contributed by atoms with Crippen molar-refractivity contribution in [1.82, 2.24) is 0 Å². The lowest BCUT2D eigenvalue weighted by molar-refractivity contribution is -0.129. The van der Waals surface area contributed by atoms with E-state index in [-0.39, 0.29) is 0 Å². The van der Waals surface area contributed by atoms with Gasteiger partial charge in [-0.3, -0.25) is 0 Å². The van der Waals surface area contributed by atoms with Crippen molar-refractivity contribution in [3.63, 3.8) is 0 Å². The molecule has 0 atom stereocenters. The molecule has 0 unspecified atom stereocenters. The Labute approximate surface area is 264 Å². The molecule has 0 spiro atoms. The number of carbonyl (C=O) groups excluding carboxylic acids is 2. The summed E-state index contributed by atoms with van der Waals surface area (Å²) in [4.78, 5) is 25.8. The third-order valence-corrected chi connectivity index (χ3v) is 7.92. The van der Waals surface area contributed by atoms with Crippen molar-refractivity contribution in [2.75, 3.05) is 4.90 Å². The molecule has 5 aromatic carbocycles. The highest BCUT2D eigenvalue weighted by atomic mass is 16.5. The number of aryl methyl sites for hydroxylation is 2. The summed E-state index contributed by atoms with van der Waals surface area (Å²) < 4.78 is 10.7. The quantitative estimate of drug-likeness (QED) is 0.0699. The molecule has 0 N–H and O–H groups in total. The fourth-order valence-electron chi connectivity index (χ4n) is 5.31. The second-order valence-electron chi connectivity index (χ2n) is 11.0. The third kappa shape index (κ3) is 6.78. The topological polar surface area (TPSA) is 55.8 Å². The summed E-state index contributed by atoms with van der Waals surface area (Å²) in [6.07, 6.45) is 2.27. The maximum absolute atomic E-state index is 11.8. The molecule has 5 rings (SSSR count). The van der Waals surface area contributed by atoms with Crippen LogP contribution in [0.4, 0.5) is 17.1 Å². The van der Waals surface area contributed by atoms with E-state index < -0.39 is 17.4 Å². The van der Waals surface area contributed by atoms with Gasteiger partial charge in [0.2, 0.25) is 0 Å². The summed E-state index contributed by atoms with van der Waals surface area (Å²) in [5.74, 6) is -0.172. The molecule has 0 radical (unpaired) electrons. The normalized spacial score (nSPS) is 10.9. The van der Waals surface area contributed by atoms with Crippen LogP contribution in [-0.4, -0.2) is 11.9 Å². The lowest BCUT2D eigenvalue weighted by Crippen LogP contribution is -2.25. The Morgan fingerprint density at radius 2 is 0.822 bits per heavy atom. The lowest BCUT2D eigenvalue weighted by Gasteiger charge is -2.33. The maximum atomic E-state index is 11.8. The molecule has 224 valence electrons. The van der Waals surface area contributed by atoms with Gasteiger partial charge < -0.3 is 14.4 Å². The van der Waals surface area contributed by atoms with E-state index in [2.05, 4.69) is 112 Å². The summed E-state index contributed by atoms with van der Waals surface area (Å²) in [7, 11) is 0. The number of hydrogen-bond acceptors (Lipinski definition) is 5. The molecule has 0 aromatic heterocycles. The van der Waals surface area contributed by atoms with Crippen molar-refractivity contribution >= 4 is 29.0 Å². The van der Waals surface area contributed by atoms with Gasteiger partial charge in [0, 0.05) is 34.6 Å². The highest BCUT2D eigenvalue weighted by Gasteiger charge is 2.32. The largest absolute Gasteiger partial charge is 0.423 e. The Hall–Kier alpha value is -5.68. The van der Waals surface area contributed by atoms with Crippen LogP contribution in [0.1, 0.15) is 34.7 Å². The molecule has 5 nitrogen and oxygen atoms in total. The molecule has 0 aliphatic rings. The Morgan fingerprint density at radius 3 is 1.13 bits per heavy atom. The first-order valence-corrected chi connectivity index (χ1v) is 14.6. The van der Waals surface area contributed by atoms with Gasteiger partial charge in [-0.15, -0.1) is 0 Å². The first-order valence-electron chi connectivity index (χ1n) is 14.6. The Balaban J connectivity index is 1.58. The van der Waals surface area contributed by atoms with Gasteiger partial charge >= 0.3 is 11.9 Å². The van der Waals surface area contributed by atoms with Gasteiger partial charge in [0.05, 0.1) is 0 Å². The van der Waals surface area contributed by atoms with Gasteiger partial charge in [0.25, 0.3) is 0 Å². The smallest absolute Gasteiger partial charge is 0.335 e. The fourth-order valence-corrected chi connectivity index (χ4v) is 5.31. The average molecular weight is 594 g/mol. The van der Waals surface area contributed by atoms with E-state index in [0.29, 0.717) is 11.5 Å². The van der Waals surface area contributed by atoms with Crippen molar-refractivity contribution < 1.29 is 19.1 Å². The number of benzene rings is 5. The molecule has 45 heavy (non-hydrogen) atoms. The number of nitrogens with zero attached hydrogens (tertiary/aromatic N) is 1. The van der Waals surface area contributed by atoms with Gasteiger partial charge in [0.15, 0.2) is 0 Å². The second-order valence-corrected chi connectivity index (χ2v) is 11.0. The first-order chi connectivity index (χ1) is 21.7. The van der Waals surface area contributed by atoms with Crippen molar-refractivity contribution in [2.45, 2.75) is 26.2 Å². The minimum Gasteiger partial charge on any atom is -0.423 e. The van der Waals surface area contributed by atoms with Crippen LogP contribution in [0.5, 0.6) is 11.5 Å². The molecular weight excluding hydrogens is 558 g/mol. The molecule has 0 aliphatic carbocycles. The summed E-state index contributed by atoms with van der Waals surface area (Å²) in [5, 5.41) is 0. The number of rotatable bonds is 10. The summed E-state index contributed by atoms with van der Waals surface area (Å²) in [5.41, 5.74) is 7.95. The Bertz CT molecular complexity index is 1690. The molecule has 0 saturated carbocycles. The molecule has 5 aromatic rings. The molecule has 5 heteroatoms. The van der Waals surface area contributed by atoms with E-state index in [4.69, 9.17) is 9.47 Å². The average Bonchev–Trinajstić information content (AvgIpc) is 3.07. The van der Waals surface area contributed by atoms with Crippen LogP contribution in [0, 0.1) is 13.8 Å². The predicted molar refractivity (Wildman–Crippen MR) is 181 cm³/mol. The number of esters is 2. The monoisotopic (exact) mass is 593 g/mol. The number of anilines is 3. The second kappa shape index (κ2) is 13.3. The van der Waals surface area contributed by atoms with Crippen LogP contribution in [0.2, 0.25) is 0 Å². The number of hydrogen-bond donors (Lipinski definition) is 0. The Morgan fingerprint density at radius 1 is 0.533 bits per heavy atom. The molecule has 0 heterocycles. The minimum atomic E-state index is -0.612. The minimum absolute atomic E-state index is 0.430. The van der Waals surface area contributed by atoms with Crippen LogP contribution < -0.4 is 14.4 Å². The summed E-state index contributed by atoms with van der Waals surface area (Å²) in [6.45, 7) is 13.3. The van der Waals surface area contributed by atoms with Crippen molar-refractivity contribution in [2.24, 2.45) is 0 Å². The SMILES string of the molecule is C=CC(=O)Oc1ccc(C(C)(c2ccc(OC(=O)C=C)cc2)c2ccc(N(c3ccc(C)cc3)c3ccc(C)cc3)cc2)cc1. The third-order valence-electron chi connectivity index (χ3n) is 7.92. The maximum Gasteiger partial charge on any atom is 0.335 e. The highest BCUT2D eigenvalue weighted by Crippen LogP contribution is 2.42. The van der Waals surface area contributed by atoms with E-state index in [1.807, 2.05) is 24.3 Å². The van der Waals surface area contributed by atoms with Crippen LogP contribution >= 0.6 is 0 Å². The zero-order valence-electron chi connectivity index (χ0n) is 25.7. The zero-order chi connectivity index (χ0) is 32.0.